The Hall–Kier alpha value is -4.74. The minimum absolute atomic E-state index is 0.641. The molecular weight excluding hydrogens is 412 g/mol. The van der Waals surface area contributed by atoms with E-state index in [1.54, 1.807) is 0 Å². The molecule has 2 nitrogen and oxygen atoms in total. The molecule has 5 aromatic carbocycles. The van der Waals surface area contributed by atoms with Crippen LogP contribution in [0.25, 0.3) is 60.0 Å². The molecule has 0 saturated carbocycles. The fourth-order valence-electron chi connectivity index (χ4n) is 4.65. The van der Waals surface area contributed by atoms with Crippen molar-refractivity contribution in [3.05, 3.63) is 133 Å². The van der Waals surface area contributed by atoms with Crippen molar-refractivity contribution in [1.29, 1.82) is 0 Å². The van der Waals surface area contributed by atoms with Gasteiger partial charge >= 0.3 is 0 Å². The van der Waals surface area contributed by atoms with Crippen molar-refractivity contribution in [2.75, 3.05) is 0 Å². The number of aromatic nitrogens is 1. The van der Waals surface area contributed by atoms with Crippen LogP contribution in [-0.4, -0.2) is 4.98 Å². The van der Waals surface area contributed by atoms with Gasteiger partial charge in [0.15, 0.2) is 5.69 Å². The molecule has 1 aromatic heterocycles. The van der Waals surface area contributed by atoms with Crippen LogP contribution in [0, 0.1) is 6.57 Å². The van der Waals surface area contributed by atoms with Crippen molar-refractivity contribution >= 4 is 27.4 Å². The van der Waals surface area contributed by atoms with Crippen molar-refractivity contribution in [1.82, 2.24) is 4.98 Å². The first kappa shape index (κ1) is 19.9. The molecule has 0 fully saturated rings. The van der Waals surface area contributed by atoms with E-state index in [4.69, 9.17) is 11.6 Å². The van der Waals surface area contributed by atoms with Crippen LogP contribution in [0.3, 0.4) is 0 Å². The first-order chi connectivity index (χ1) is 16.8. The predicted molar refractivity (Wildman–Crippen MR) is 142 cm³/mol. The molecule has 0 atom stereocenters. The van der Waals surface area contributed by atoms with E-state index in [2.05, 4.69) is 95.8 Å². The molecule has 0 spiro atoms. The summed E-state index contributed by atoms with van der Waals surface area (Å²) in [6, 6.07) is 41.6. The molecule has 0 N–H and O–H groups in total. The average Bonchev–Trinajstić information content (AvgIpc) is 2.93. The molecule has 34 heavy (non-hydrogen) atoms. The van der Waals surface area contributed by atoms with E-state index in [0.717, 1.165) is 55.2 Å². The Bertz CT molecular complexity index is 1700. The van der Waals surface area contributed by atoms with Gasteiger partial charge in [-0.1, -0.05) is 103 Å². The lowest BCUT2D eigenvalue weighted by Crippen LogP contribution is -1.93. The van der Waals surface area contributed by atoms with Crippen molar-refractivity contribution in [3.63, 3.8) is 0 Å². The molecule has 0 bridgehead atoms. The second kappa shape index (κ2) is 8.31. The van der Waals surface area contributed by atoms with Crippen LogP contribution >= 0.6 is 0 Å². The molecule has 158 valence electrons. The molecule has 0 amide bonds. The lowest BCUT2D eigenvalue weighted by atomic mass is 9.91. The van der Waals surface area contributed by atoms with Gasteiger partial charge in [-0.2, -0.15) is 0 Å². The summed E-state index contributed by atoms with van der Waals surface area (Å²) in [5, 5.41) is 3.35. The quantitative estimate of drug-likeness (QED) is 0.201. The molecule has 2 heteroatoms. The number of fused-ring (bicyclic) bond motifs is 3. The molecule has 0 aliphatic rings. The van der Waals surface area contributed by atoms with Crippen LogP contribution in [0.4, 0.5) is 5.69 Å². The standard InChI is InChI=1S/C32H20N2/c1-33-25-16-10-15-24(19-25)28-20-30-29(22-11-4-2-5-12-22)21-31(23-13-6-3-7-14-23)34-32(30)27-18-9-8-17-26(27)28/h2-21H. The second-order valence-electron chi connectivity index (χ2n) is 8.32. The molecule has 6 rings (SSSR count). The molecular formula is C32H20N2. The van der Waals surface area contributed by atoms with E-state index in [-0.39, 0.29) is 0 Å². The summed E-state index contributed by atoms with van der Waals surface area (Å²) in [7, 11) is 0. The minimum atomic E-state index is 0.641. The van der Waals surface area contributed by atoms with Gasteiger partial charge in [-0.3, -0.25) is 0 Å². The fraction of sp³-hybridized carbons (Fsp3) is 0. The summed E-state index contributed by atoms with van der Waals surface area (Å²) in [6.07, 6.45) is 0. The minimum Gasteiger partial charge on any atom is -0.247 e. The Balaban J connectivity index is 1.75. The maximum Gasteiger partial charge on any atom is 0.187 e. The van der Waals surface area contributed by atoms with Crippen molar-refractivity contribution in [3.8, 4) is 33.5 Å². The molecule has 0 saturated heterocycles. The van der Waals surface area contributed by atoms with Crippen LogP contribution < -0.4 is 0 Å². The number of hydrogen-bond donors (Lipinski definition) is 0. The third kappa shape index (κ3) is 3.41. The van der Waals surface area contributed by atoms with Gasteiger partial charge in [0.25, 0.3) is 0 Å². The number of rotatable bonds is 3. The Labute approximate surface area is 198 Å². The smallest absolute Gasteiger partial charge is 0.187 e. The zero-order valence-electron chi connectivity index (χ0n) is 18.4. The van der Waals surface area contributed by atoms with Crippen molar-refractivity contribution < 1.29 is 0 Å². The van der Waals surface area contributed by atoms with Gasteiger partial charge in [0.1, 0.15) is 0 Å². The maximum absolute atomic E-state index is 7.46. The highest BCUT2D eigenvalue weighted by Gasteiger charge is 2.15. The van der Waals surface area contributed by atoms with Crippen LogP contribution in [0.15, 0.2) is 121 Å². The SMILES string of the molecule is [C-]#[N+]c1cccc(-c2cc3c(-c4ccccc4)cc(-c4ccccc4)nc3c3ccccc23)c1. The lowest BCUT2D eigenvalue weighted by molar-refractivity contribution is 1.41. The molecule has 0 unspecified atom stereocenters. The van der Waals surface area contributed by atoms with Crippen LogP contribution in [0.1, 0.15) is 0 Å². The van der Waals surface area contributed by atoms with E-state index in [1.165, 1.54) is 0 Å². The highest BCUT2D eigenvalue weighted by molar-refractivity contribution is 6.16. The molecule has 0 aliphatic carbocycles. The molecule has 0 aliphatic heterocycles. The predicted octanol–water partition coefficient (Wildman–Crippen LogP) is 8.94. The lowest BCUT2D eigenvalue weighted by Gasteiger charge is -2.16. The monoisotopic (exact) mass is 432 g/mol. The van der Waals surface area contributed by atoms with Crippen molar-refractivity contribution in [2.45, 2.75) is 0 Å². The summed E-state index contributed by atoms with van der Waals surface area (Å²) in [5.41, 5.74) is 8.14. The maximum atomic E-state index is 7.46. The highest BCUT2D eigenvalue weighted by atomic mass is 14.7. The topological polar surface area (TPSA) is 17.2 Å². The largest absolute Gasteiger partial charge is 0.247 e. The zero-order valence-corrected chi connectivity index (χ0v) is 18.4. The highest BCUT2D eigenvalue weighted by Crippen LogP contribution is 2.40. The van der Waals surface area contributed by atoms with Gasteiger partial charge in [-0.15, -0.1) is 0 Å². The number of hydrogen-bond acceptors (Lipinski definition) is 1. The summed E-state index contributed by atoms with van der Waals surface area (Å²) >= 11 is 0. The van der Waals surface area contributed by atoms with Gasteiger partial charge in [0.2, 0.25) is 0 Å². The second-order valence-corrected chi connectivity index (χ2v) is 8.32. The van der Waals surface area contributed by atoms with Crippen LogP contribution in [0.2, 0.25) is 0 Å². The van der Waals surface area contributed by atoms with Gasteiger partial charge in [-0.25, -0.2) is 9.83 Å². The van der Waals surface area contributed by atoms with Gasteiger partial charge in [-0.05, 0) is 45.8 Å². The Kier molecular flexibility index (Phi) is 4.87. The first-order valence-electron chi connectivity index (χ1n) is 11.3. The van der Waals surface area contributed by atoms with Gasteiger partial charge < -0.3 is 0 Å². The van der Waals surface area contributed by atoms with E-state index in [1.807, 2.05) is 30.3 Å². The Morgan fingerprint density at radius 1 is 0.500 bits per heavy atom. The summed E-state index contributed by atoms with van der Waals surface area (Å²) in [5.74, 6) is 0. The third-order valence-corrected chi connectivity index (χ3v) is 6.26. The zero-order chi connectivity index (χ0) is 22.9. The number of nitrogens with zero attached hydrogens (tertiary/aromatic N) is 2. The van der Waals surface area contributed by atoms with Gasteiger partial charge in [0, 0.05) is 16.3 Å². The normalized spacial score (nSPS) is 10.9. The van der Waals surface area contributed by atoms with E-state index < -0.39 is 0 Å². The fourth-order valence-corrected chi connectivity index (χ4v) is 4.65. The number of benzene rings is 5. The van der Waals surface area contributed by atoms with E-state index in [9.17, 15) is 0 Å². The van der Waals surface area contributed by atoms with Gasteiger partial charge in [0.05, 0.1) is 17.8 Å². The van der Waals surface area contributed by atoms with E-state index >= 15 is 0 Å². The summed E-state index contributed by atoms with van der Waals surface area (Å²) in [6.45, 7) is 7.46. The summed E-state index contributed by atoms with van der Waals surface area (Å²) in [4.78, 5) is 8.83. The number of pyridine rings is 1. The van der Waals surface area contributed by atoms with E-state index in [0.29, 0.717) is 5.69 Å². The average molecular weight is 433 g/mol. The molecule has 0 radical (unpaired) electrons. The third-order valence-electron chi connectivity index (χ3n) is 6.26. The Morgan fingerprint density at radius 3 is 1.85 bits per heavy atom. The van der Waals surface area contributed by atoms with Crippen molar-refractivity contribution in [2.24, 2.45) is 0 Å². The molecule has 6 aromatic rings. The van der Waals surface area contributed by atoms with Crippen LogP contribution in [-0.2, 0) is 0 Å². The summed E-state index contributed by atoms with van der Waals surface area (Å²) < 4.78 is 0. The van der Waals surface area contributed by atoms with Crippen LogP contribution in [0.5, 0.6) is 0 Å². The molecule has 1 heterocycles. The Morgan fingerprint density at radius 2 is 1.12 bits per heavy atom. The first-order valence-corrected chi connectivity index (χ1v) is 11.3.